The molecular formula is C24H22N4O4S. The van der Waals surface area contributed by atoms with E-state index in [0.29, 0.717) is 28.0 Å². The second kappa shape index (κ2) is 10.2. The van der Waals surface area contributed by atoms with Crippen LogP contribution in [0.15, 0.2) is 72.1 Å². The average molecular weight is 463 g/mol. The molecular weight excluding hydrogens is 440 g/mol. The Morgan fingerprint density at radius 1 is 0.879 bits per heavy atom. The zero-order chi connectivity index (χ0) is 23.2. The van der Waals surface area contributed by atoms with E-state index >= 15 is 0 Å². The number of methoxy groups -OCH3 is 3. The van der Waals surface area contributed by atoms with Crippen molar-refractivity contribution in [3.8, 4) is 34.3 Å². The number of carbonyl (C=O) groups is 1. The summed E-state index contributed by atoms with van der Waals surface area (Å²) >= 11 is 1.30. The van der Waals surface area contributed by atoms with Crippen molar-refractivity contribution in [1.29, 1.82) is 0 Å². The Labute approximate surface area is 195 Å². The Morgan fingerprint density at radius 3 is 2.24 bits per heavy atom. The number of Topliss-reactive ketones (excluding diaryl/α,β-unsaturated/α-hetero) is 1. The van der Waals surface area contributed by atoms with Gasteiger partial charge in [-0.25, -0.2) is 0 Å². The van der Waals surface area contributed by atoms with Crippen molar-refractivity contribution in [2.45, 2.75) is 5.16 Å². The minimum atomic E-state index is -0.106. The number of rotatable bonds is 9. The molecule has 0 spiro atoms. The van der Waals surface area contributed by atoms with Crippen LogP contribution in [0.4, 0.5) is 0 Å². The largest absolute Gasteiger partial charge is 0.497 e. The van der Waals surface area contributed by atoms with Crippen LogP contribution in [-0.4, -0.2) is 52.6 Å². The lowest BCUT2D eigenvalue weighted by Gasteiger charge is -2.12. The van der Waals surface area contributed by atoms with Crippen LogP contribution in [0.5, 0.6) is 17.2 Å². The molecule has 0 unspecified atom stereocenters. The zero-order valence-corrected chi connectivity index (χ0v) is 19.2. The quantitative estimate of drug-likeness (QED) is 0.268. The molecule has 2 aromatic carbocycles. The normalized spacial score (nSPS) is 10.6. The van der Waals surface area contributed by atoms with Crippen molar-refractivity contribution in [3.63, 3.8) is 0 Å². The van der Waals surface area contributed by atoms with Crippen molar-refractivity contribution < 1.29 is 19.0 Å². The van der Waals surface area contributed by atoms with Gasteiger partial charge in [-0.2, -0.15) is 0 Å². The highest BCUT2D eigenvalue weighted by Crippen LogP contribution is 2.30. The Kier molecular flexibility index (Phi) is 6.89. The molecule has 2 heterocycles. The highest BCUT2D eigenvalue weighted by atomic mass is 32.2. The standard InChI is InChI=1S/C24H22N4O4S/c1-30-18-6-4-17(5-7-18)28-23(16-10-12-25-13-11-16)26-27-24(28)33-15-21(29)20-14-19(31-2)8-9-22(20)32-3/h4-14H,15H2,1-3H3. The van der Waals surface area contributed by atoms with Crippen LogP contribution >= 0.6 is 11.8 Å². The molecule has 0 bridgehead atoms. The maximum absolute atomic E-state index is 13.0. The van der Waals surface area contributed by atoms with Gasteiger partial charge in [-0.1, -0.05) is 11.8 Å². The monoisotopic (exact) mass is 462 g/mol. The molecule has 0 N–H and O–H groups in total. The first kappa shape index (κ1) is 22.3. The Balaban J connectivity index is 1.67. The van der Waals surface area contributed by atoms with Crippen molar-refractivity contribution in [1.82, 2.24) is 19.7 Å². The number of aromatic nitrogens is 4. The van der Waals surface area contributed by atoms with Gasteiger partial charge in [-0.05, 0) is 54.6 Å². The van der Waals surface area contributed by atoms with E-state index in [0.717, 1.165) is 17.0 Å². The first-order chi connectivity index (χ1) is 16.1. The van der Waals surface area contributed by atoms with E-state index in [1.54, 1.807) is 44.8 Å². The molecule has 0 aliphatic rings. The Hall–Kier alpha value is -3.85. The highest BCUT2D eigenvalue weighted by Gasteiger charge is 2.19. The number of nitrogens with zero attached hydrogens (tertiary/aromatic N) is 4. The van der Waals surface area contributed by atoms with Gasteiger partial charge in [0.2, 0.25) is 0 Å². The van der Waals surface area contributed by atoms with Crippen molar-refractivity contribution in [3.05, 3.63) is 72.6 Å². The van der Waals surface area contributed by atoms with E-state index in [1.807, 2.05) is 41.0 Å². The number of pyridine rings is 1. The second-order valence-electron chi connectivity index (χ2n) is 6.85. The van der Waals surface area contributed by atoms with Gasteiger partial charge in [-0.15, -0.1) is 10.2 Å². The number of carbonyl (C=O) groups excluding carboxylic acids is 1. The summed E-state index contributed by atoms with van der Waals surface area (Å²) in [7, 11) is 4.71. The van der Waals surface area contributed by atoms with Crippen molar-refractivity contribution in [2.24, 2.45) is 0 Å². The van der Waals surface area contributed by atoms with Gasteiger partial charge in [0.25, 0.3) is 0 Å². The molecule has 0 aliphatic heterocycles. The van der Waals surface area contributed by atoms with Crippen LogP contribution in [0.25, 0.3) is 17.1 Å². The van der Waals surface area contributed by atoms with Gasteiger partial charge in [0, 0.05) is 23.6 Å². The Bertz CT molecular complexity index is 1240. The van der Waals surface area contributed by atoms with E-state index in [2.05, 4.69) is 15.2 Å². The van der Waals surface area contributed by atoms with Crippen LogP contribution in [-0.2, 0) is 0 Å². The average Bonchev–Trinajstić information content (AvgIpc) is 3.31. The molecule has 0 fully saturated rings. The fourth-order valence-corrected chi connectivity index (χ4v) is 4.09. The van der Waals surface area contributed by atoms with Crippen molar-refractivity contribution in [2.75, 3.05) is 27.1 Å². The molecule has 0 amide bonds. The molecule has 168 valence electrons. The van der Waals surface area contributed by atoms with Gasteiger partial charge in [0.15, 0.2) is 16.8 Å². The summed E-state index contributed by atoms with van der Waals surface area (Å²) in [5.41, 5.74) is 2.16. The first-order valence-corrected chi connectivity index (χ1v) is 11.0. The number of hydrogen-bond acceptors (Lipinski definition) is 8. The predicted octanol–water partition coefficient (Wildman–Crippen LogP) is 4.33. The lowest BCUT2D eigenvalue weighted by atomic mass is 10.1. The molecule has 0 saturated carbocycles. The topological polar surface area (TPSA) is 88.4 Å². The number of hydrogen-bond donors (Lipinski definition) is 0. The van der Waals surface area contributed by atoms with Crippen molar-refractivity contribution >= 4 is 17.5 Å². The molecule has 0 saturated heterocycles. The zero-order valence-electron chi connectivity index (χ0n) is 18.4. The van der Waals surface area contributed by atoms with Gasteiger partial charge in [0.05, 0.1) is 32.6 Å². The summed E-state index contributed by atoms with van der Waals surface area (Å²) in [5.74, 6) is 2.52. The summed E-state index contributed by atoms with van der Waals surface area (Å²) in [5, 5.41) is 9.35. The van der Waals surface area contributed by atoms with Gasteiger partial charge in [-0.3, -0.25) is 14.3 Å². The van der Waals surface area contributed by atoms with E-state index in [4.69, 9.17) is 14.2 Å². The van der Waals surface area contributed by atoms with Crippen LogP contribution in [0.2, 0.25) is 0 Å². The number of thioether (sulfide) groups is 1. The molecule has 4 rings (SSSR count). The molecule has 8 nitrogen and oxygen atoms in total. The first-order valence-electron chi connectivity index (χ1n) is 10.0. The van der Waals surface area contributed by atoms with Crippen LogP contribution in [0, 0.1) is 0 Å². The fraction of sp³-hybridized carbons (Fsp3) is 0.167. The maximum Gasteiger partial charge on any atom is 0.196 e. The van der Waals surface area contributed by atoms with E-state index in [-0.39, 0.29) is 11.5 Å². The number of benzene rings is 2. The fourth-order valence-electron chi connectivity index (χ4n) is 3.26. The van der Waals surface area contributed by atoms with Crippen LogP contribution in [0.1, 0.15) is 10.4 Å². The minimum Gasteiger partial charge on any atom is -0.497 e. The third-order valence-electron chi connectivity index (χ3n) is 4.94. The van der Waals surface area contributed by atoms with Crippen LogP contribution in [0.3, 0.4) is 0 Å². The summed E-state index contributed by atoms with van der Waals surface area (Å²) in [6.45, 7) is 0. The van der Waals surface area contributed by atoms with Gasteiger partial charge < -0.3 is 14.2 Å². The summed E-state index contributed by atoms with van der Waals surface area (Å²) < 4.78 is 17.8. The molecule has 4 aromatic rings. The van der Waals surface area contributed by atoms with Gasteiger partial charge in [0.1, 0.15) is 17.2 Å². The second-order valence-corrected chi connectivity index (χ2v) is 7.80. The molecule has 0 aliphatic carbocycles. The third kappa shape index (κ3) is 4.83. The molecule has 2 aromatic heterocycles. The van der Waals surface area contributed by atoms with E-state index in [1.165, 1.54) is 18.9 Å². The lowest BCUT2D eigenvalue weighted by molar-refractivity contribution is 0.101. The van der Waals surface area contributed by atoms with E-state index in [9.17, 15) is 4.79 Å². The SMILES string of the molecule is COc1ccc(-n2c(SCC(=O)c3cc(OC)ccc3OC)nnc2-c2ccncc2)cc1. The smallest absolute Gasteiger partial charge is 0.196 e. The van der Waals surface area contributed by atoms with Crippen LogP contribution < -0.4 is 14.2 Å². The molecule has 0 radical (unpaired) electrons. The maximum atomic E-state index is 13.0. The number of ketones is 1. The van der Waals surface area contributed by atoms with E-state index < -0.39 is 0 Å². The Morgan fingerprint density at radius 2 is 1.58 bits per heavy atom. The number of ether oxygens (including phenoxy) is 3. The van der Waals surface area contributed by atoms with Gasteiger partial charge >= 0.3 is 0 Å². The molecule has 9 heteroatoms. The highest BCUT2D eigenvalue weighted by molar-refractivity contribution is 7.99. The summed E-state index contributed by atoms with van der Waals surface area (Å²) in [6.07, 6.45) is 3.40. The summed E-state index contributed by atoms with van der Waals surface area (Å²) in [4.78, 5) is 17.1. The minimum absolute atomic E-state index is 0.106. The third-order valence-corrected chi connectivity index (χ3v) is 5.87. The predicted molar refractivity (Wildman–Crippen MR) is 126 cm³/mol. The summed E-state index contributed by atoms with van der Waals surface area (Å²) in [6, 6.07) is 16.5. The lowest BCUT2D eigenvalue weighted by Crippen LogP contribution is -2.07. The molecule has 33 heavy (non-hydrogen) atoms. The molecule has 0 atom stereocenters.